The van der Waals surface area contributed by atoms with Crippen LogP contribution in [-0.2, 0) is 4.74 Å². The molecule has 0 bridgehead atoms. The summed E-state index contributed by atoms with van der Waals surface area (Å²) in [4.78, 5) is 0. The van der Waals surface area contributed by atoms with Crippen LogP contribution < -0.4 is 0 Å². The molecule has 0 aliphatic heterocycles. The van der Waals surface area contributed by atoms with Gasteiger partial charge in [-0.1, -0.05) is 32.6 Å². The van der Waals surface area contributed by atoms with Crippen molar-refractivity contribution in [2.24, 2.45) is 11.8 Å². The van der Waals surface area contributed by atoms with E-state index in [-0.39, 0.29) is 0 Å². The SMILES string of the molecule is CC(C)C#CCOC1CCC(C)CC1. The molecule has 80 valence electrons. The van der Waals surface area contributed by atoms with Gasteiger partial charge >= 0.3 is 0 Å². The minimum absolute atomic E-state index is 0.463. The fraction of sp³-hybridized carbons (Fsp3) is 0.846. The highest BCUT2D eigenvalue weighted by Crippen LogP contribution is 2.25. The summed E-state index contributed by atoms with van der Waals surface area (Å²) in [6.45, 7) is 7.16. The highest BCUT2D eigenvalue weighted by molar-refractivity contribution is 5.01. The second-order valence-electron chi connectivity index (χ2n) is 4.67. The first-order valence-corrected chi connectivity index (χ1v) is 5.78. The molecule has 0 aromatic carbocycles. The summed E-state index contributed by atoms with van der Waals surface area (Å²) in [6.07, 6.45) is 5.58. The zero-order chi connectivity index (χ0) is 10.4. The average Bonchev–Trinajstić information content (AvgIpc) is 2.15. The van der Waals surface area contributed by atoms with E-state index in [0.717, 1.165) is 5.92 Å². The molecule has 1 aliphatic rings. The third kappa shape index (κ3) is 4.67. The lowest BCUT2D eigenvalue weighted by Gasteiger charge is -2.25. The summed E-state index contributed by atoms with van der Waals surface area (Å²) in [7, 11) is 0. The van der Waals surface area contributed by atoms with Gasteiger partial charge in [0, 0.05) is 5.92 Å². The number of ether oxygens (including phenoxy) is 1. The van der Waals surface area contributed by atoms with E-state index in [9.17, 15) is 0 Å². The van der Waals surface area contributed by atoms with Gasteiger partial charge in [0.1, 0.15) is 6.61 Å². The summed E-state index contributed by atoms with van der Waals surface area (Å²) < 4.78 is 5.71. The van der Waals surface area contributed by atoms with Crippen LogP contribution in [-0.4, -0.2) is 12.7 Å². The maximum atomic E-state index is 5.71. The zero-order valence-corrected chi connectivity index (χ0v) is 9.68. The molecule has 0 aromatic heterocycles. The van der Waals surface area contributed by atoms with Crippen molar-refractivity contribution in [2.75, 3.05) is 6.61 Å². The molecule has 1 aliphatic carbocycles. The van der Waals surface area contributed by atoms with Crippen LogP contribution in [0.2, 0.25) is 0 Å². The minimum Gasteiger partial charge on any atom is -0.366 e. The van der Waals surface area contributed by atoms with Gasteiger partial charge in [0.05, 0.1) is 6.10 Å². The molecule has 0 atom stereocenters. The molecule has 1 fully saturated rings. The fourth-order valence-electron chi connectivity index (χ4n) is 1.80. The normalized spacial score (nSPS) is 27.1. The predicted octanol–water partition coefficient (Wildman–Crippen LogP) is 3.24. The number of hydrogen-bond donors (Lipinski definition) is 0. The van der Waals surface area contributed by atoms with Crippen LogP contribution in [0.4, 0.5) is 0 Å². The molecule has 0 unspecified atom stereocenters. The van der Waals surface area contributed by atoms with E-state index >= 15 is 0 Å². The predicted molar refractivity (Wildman–Crippen MR) is 60.0 cm³/mol. The van der Waals surface area contributed by atoms with Gasteiger partial charge in [-0.3, -0.25) is 0 Å². The van der Waals surface area contributed by atoms with Crippen LogP contribution in [0.15, 0.2) is 0 Å². The van der Waals surface area contributed by atoms with Gasteiger partial charge in [-0.25, -0.2) is 0 Å². The smallest absolute Gasteiger partial charge is 0.108 e. The molecule has 14 heavy (non-hydrogen) atoms. The summed E-state index contributed by atoms with van der Waals surface area (Å²) in [6, 6.07) is 0. The molecular weight excluding hydrogens is 172 g/mol. The van der Waals surface area contributed by atoms with Crippen molar-refractivity contribution >= 4 is 0 Å². The molecule has 1 nitrogen and oxygen atoms in total. The highest BCUT2D eigenvalue weighted by Gasteiger charge is 2.17. The lowest BCUT2D eigenvalue weighted by Crippen LogP contribution is -2.20. The van der Waals surface area contributed by atoms with Gasteiger partial charge in [-0.2, -0.15) is 0 Å². The summed E-state index contributed by atoms with van der Waals surface area (Å²) in [5.74, 6) is 7.55. The zero-order valence-electron chi connectivity index (χ0n) is 9.68. The monoisotopic (exact) mass is 194 g/mol. The second kappa shape index (κ2) is 6.09. The van der Waals surface area contributed by atoms with Crippen LogP contribution >= 0.6 is 0 Å². The third-order valence-electron chi connectivity index (χ3n) is 2.74. The quantitative estimate of drug-likeness (QED) is 0.613. The molecule has 1 heteroatoms. The van der Waals surface area contributed by atoms with Crippen molar-refractivity contribution in [1.29, 1.82) is 0 Å². The van der Waals surface area contributed by atoms with E-state index in [1.54, 1.807) is 0 Å². The molecule has 0 amide bonds. The van der Waals surface area contributed by atoms with Crippen LogP contribution in [0.3, 0.4) is 0 Å². The molecule has 0 spiro atoms. The standard InChI is InChI=1S/C13H22O/c1-11(2)5-4-10-14-13-8-6-12(3)7-9-13/h11-13H,6-10H2,1-3H3. The Kier molecular flexibility index (Phi) is 5.04. The first kappa shape index (κ1) is 11.6. The number of rotatable bonds is 2. The number of hydrogen-bond acceptors (Lipinski definition) is 1. The van der Waals surface area contributed by atoms with Crippen LogP contribution in [0.1, 0.15) is 46.5 Å². The first-order valence-electron chi connectivity index (χ1n) is 5.78. The van der Waals surface area contributed by atoms with E-state index in [4.69, 9.17) is 4.74 Å². The Bertz CT molecular complexity index is 201. The Hall–Kier alpha value is -0.480. The Morgan fingerprint density at radius 3 is 2.43 bits per heavy atom. The van der Waals surface area contributed by atoms with E-state index in [1.165, 1.54) is 25.7 Å². The minimum atomic E-state index is 0.463. The van der Waals surface area contributed by atoms with E-state index in [0.29, 0.717) is 18.6 Å². The van der Waals surface area contributed by atoms with Gasteiger partial charge < -0.3 is 4.74 Å². The van der Waals surface area contributed by atoms with E-state index in [2.05, 4.69) is 32.6 Å². The van der Waals surface area contributed by atoms with Crippen molar-refractivity contribution in [3.63, 3.8) is 0 Å². The maximum absolute atomic E-state index is 5.71. The van der Waals surface area contributed by atoms with Crippen molar-refractivity contribution in [3.05, 3.63) is 0 Å². The summed E-state index contributed by atoms with van der Waals surface area (Å²) >= 11 is 0. The van der Waals surface area contributed by atoms with Gasteiger partial charge in [-0.15, -0.1) is 0 Å². The van der Waals surface area contributed by atoms with Gasteiger partial charge in [0.15, 0.2) is 0 Å². The van der Waals surface area contributed by atoms with E-state index in [1.807, 2.05) is 0 Å². The molecule has 1 saturated carbocycles. The Balaban J connectivity index is 2.11. The van der Waals surface area contributed by atoms with Crippen molar-refractivity contribution in [2.45, 2.75) is 52.6 Å². The molecule has 0 radical (unpaired) electrons. The van der Waals surface area contributed by atoms with E-state index < -0.39 is 0 Å². The third-order valence-corrected chi connectivity index (χ3v) is 2.74. The van der Waals surface area contributed by atoms with Crippen molar-refractivity contribution < 1.29 is 4.74 Å². The highest BCUT2D eigenvalue weighted by atomic mass is 16.5. The van der Waals surface area contributed by atoms with Crippen molar-refractivity contribution in [1.82, 2.24) is 0 Å². The van der Waals surface area contributed by atoms with Crippen LogP contribution in [0.5, 0.6) is 0 Å². The van der Waals surface area contributed by atoms with Crippen molar-refractivity contribution in [3.8, 4) is 11.8 Å². The average molecular weight is 194 g/mol. The molecule has 0 N–H and O–H groups in total. The Labute approximate surface area is 88.2 Å². The van der Waals surface area contributed by atoms with Gasteiger partial charge in [-0.05, 0) is 31.6 Å². The molecule has 0 aromatic rings. The summed E-state index contributed by atoms with van der Waals surface area (Å²) in [5, 5.41) is 0. The lowest BCUT2D eigenvalue weighted by molar-refractivity contribution is 0.0396. The van der Waals surface area contributed by atoms with Crippen LogP contribution in [0.25, 0.3) is 0 Å². The topological polar surface area (TPSA) is 9.23 Å². The Morgan fingerprint density at radius 2 is 1.86 bits per heavy atom. The Morgan fingerprint density at radius 1 is 1.21 bits per heavy atom. The summed E-state index contributed by atoms with van der Waals surface area (Å²) in [5.41, 5.74) is 0. The fourth-order valence-corrected chi connectivity index (χ4v) is 1.80. The van der Waals surface area contributed by atoms with Gasteiger partial charge in [0.2, 0.25) is 0 Å². The first-order chi connectivity index (χ1) is 6.68. The largest absolute Gasteiger partial charge is 0.366 e. The molecular formula is C13H22O. The molecule has 1 rings (SSSR count). The molecule has 0 heterocycles. The van der Waals surface area contributed by atoms with Crippen LogP contribution in [0, 0.1) is 23.7 Å². The molecule has 0 saturated heterocycles. The maximum Gasteiger partial charge on any atom is 0.108 e. The lowest BCUT2D eigenvalue weighted by atomic mass is 9.89. The van der Waals surface area contributed by atoms with Gasteiger partial charge in [0.25, 0.3) is 0 Å². The second-order valence-corrected chi connectivity index (χ2v) is 4.67.